The first-order valence-corrected chi connectivity index (χ1v) is 6.38. The van der Waals surface area contributed by atoms with E-state index >= 15 is 0 Å². The second-order valence-corrected chi connectivity index (χ2v) is 4.99. The summed E-state index contributed by atoms with van der Waals surface area (Å²) in [6, 6.07) is 9.86. The van der Waals surface area contributed by atoms with Gasteiger partial charge >= 0.3 is 0 Å². The van der Waals surface area contributed by atoms with Crippen molar-refractivity contribution in [2.24, 2.45) is 5.73 Å². The Morgan fingerprint density at radius 1 is 1.26 bits per heavy atom. The molecule has 0 aromatic heterocycles. The van der Waals surface area contributed by atoms with Crippen molar-refractivity contribution >= 4 is 40.2 Å². The number of hydrogen-bond acceptors (Lipinski definition) is 2. The van der Waals surface area contributed by atoms with Gasteiger partial charge in [-0.25, -0.2) is 4.39 Å². The Kier molecular flexibility index (Phi) is 4.02. The van der Waals surface area contributed by atoms with E-state index in [0.29, 0.717) is 10.6 Å². The molecule has 2 nitrogen and oxygen atoms in total. The minimum absolute atomic E-state index is 0.259. The average Bonchev–Trinajstić information content (AvgIpc) is 2.32. The molecular weight excluding hydrogens is 283 g/mol. The lowest BCUT2D eigenvalue weighted by molar-refractivity contribution is 0.627. The van der Waals surface area contributed by atoms with E-state index in [4.69, 9.17) is 29.6 Å². The maximum absolute atomic E-state index is 13.0. The summed E-state index contributed by atoms with van der Waals surface area (Å²) in [5, 5.41) is 3.65. The molecule has 0 spiro atoms. The maximum Gasteiger partial charge on any atom is 0.123 e. The molecule has 5 heteroatoms. The van der Waals surface area contributed by atoms with Crippen LogP contribution in [0.4, 0.5) is 15.8 Å². The first-order chi connectivity index (χ1) is 8.97. The summed E-state index contributed by atoms with van der Waals surface area (Å²) in [5.41, 5.74) is 8.61. The van der Waals surface area contributed by atoms with E-state index in [-0.39, 0.29) is 10.8 Å². The van der Waals surface area contributed by atoms with E-state index in [9.17, 15) is 4.39 Å². The highest BCUT2D eigenvalue weighted by Crippen LogP contribution is 2.25. The molecule has 0 radical (unpaired) electrons. The van der Waals surface area contributed by atoms with Crippen LogP contribution in [0.15, 0.2) is 36.4 Å². The van der Waals surface area contributed by atoms with Crippen LogP contribution >= 0.6 is 23.8 Å². The number of nitrogens with two attached hydrogens (primary N) is 1. The van der Waals surface area contributed by atoms with Gasteiger partial charge in [0, 0.05) is 16.9 Å². The van der Waals surface area contributed by atoms with Gasteiger partial charge in [0.2, 0.25) is 0 Å². The van der Waals surface area contributed by atoms with Gasteiger partial charge in [0.1, 0.15) is 10.8 Å². The fraction of sp³-hybridized carbons (Fsp3) is 0.0714. The van der Waals surface area contributed by atoms with Crippen molar-refractivity contribution in [3.05, 3.63) is 58.4 Å². The third-order valence-electron chi connectivity index (χ3n) is 2.70. The van der Waals surface area contributed by atoms with Crippen LogP contribution in [0.25, 0.3) is 0 Å². The second-order valence-electron chi connectivity index (χ2n) is 4.14. The third kappa shape index (κ3) is 3.22. The van der Waals surface area contributed by atoms with Gasteiger partial charge in [-0.1, -0.05) is 23.8 Å². The molecule has 2 aromatic rings. The van der Waals surface area contributed by atoms with Crippen LogP contribution in [-0.4, -0.2) is 4.99 Å². The minimum Gasteiger partial charge on any atom is -0.389 e. The van der Waals surface area contributed by atoms with Crippen LogP contribution in [0, 0.1) is 12.7 Å². The summed E-state index contributed by atoms with van der Waals surface area (Å²) in [6.07, 6.45) is 0. The fourth-order valence-corrected chi connectivity index (χ4v) is 2.23. The third-order valence-corrected chi connectivity index (χ3v) is 3.23. The summed E-state index contributed by atoms with van der Waals surface area (Å²) in [4.78, 5) is 0.259. The topological polar surface area (TPSA) is 38.0 Å². The SMILES string of the molecule is Cc1cc(F)ccc1Nc1ccc(C(N)=S)c(Cl)c1. The monoisotopic (exact) mass is 294 g/mol. The summed E-state index contributed by atoms with van der Waals surface area (Å²) >= 11 is 11.0. The Morgan fingerprint density at radius 3 is 2.58 bits per heavy atom. The standard InChI is InChI=1S/C14H12ClFN2S/c1-8-6-9(16)2-5-13(8)18-10-3-4-11(14(17)19)12(15)7-10/h2-7,18H,1H3,(H2,17,19). The highest BCUT2D eigenvalue weighted by atomic mass is 35.5. The van der Waals surface area contributed by atoms with E-state index in [1.165, 1.54) is 12.1 Å². The predicted octanol–water partition coefficient (Wildman–Crippen LogP) is 4.17. The molecule has 19 heavy (non-hydrogen) atoms. The van der Waals surface area contributed by atoms with Gasteiger partial charge < -0.3 is 11.1 Å². The van der Waals surface area contributed by atoms with Crippen LogP contribution in [0.2, 0.25) is 5.02 Å². The molecule has 0 aliphatic rings. The van der Waals surface area contributed by atoms with E-state index in [0.717, 1.165) is 16.9 Å². The van der Waals surface area contributed by atoms with Crippen molar-refractivity contribution in [1.82, 2.24) is 0 Å². The van der Waals surface area contributed by atoms with Crippen LogP contribution in [0.1, 0.15) is 11.1 Å². The number of nitrogens with one attached hydrogen (secondary N) is 1. The highest BCUT2D eigenvalue weighted by molar-refractivity contribution is 7.80. The zero-order chi connectivity index (χ0) is 14.0. The summed E-state index contributed by atoms with van der Waals surface area (Å²) in [7, 11) is 0. The van der Waals surface area contributed by atoms with E-state index in [1.807, 2.05) is 13.0 Å². The second kappa shape index (κ2) is 5.55. The van der Waals surface area contributed by atoms with Crippen molar-refractivity contribution in [3.8, 4) is 0 Å². The normalized spacial score (nSPS) is 10.3. The smallest absolute Gasteiger partial charge is 0.123 e. The summed E-state index contributed by atoms with van der Waals surface area (Å²) in [6.45, 7) is 1.83. The zero-order valence-electron chi connectivity index (χ0n) is 10.2. The first kappa shape index (κ1) is 13.8. The van der Waals surface area contributed by atoms with Gasteiger partial charge in [-0.15, -0.1) is 0 Å². The molecule has 0 unspecified atom stereocenters. The van der Waals surface area contributed by atoms with Gasteiger partial charge in [0.25, 0.3) is 0 Å². The molecule has 0 bridgehead atoms. The Hall–Kier alpha value is -1.65. The number of aryl methyl sites for hydroxylation is 1. The lowest BCUT2D eigenvalue weighted by Crippen LogP contribution is -2.10. The van der Waals surface area contributed by atoms with Gasteiger partial charge in [-0.2, -0.15) is 0 Å². The van der Waals surface area contributed by atoms with Crippen molar-refractivity contribution in [2.75, 3.05) is 5.32 Å². The molecule has 0 heterocycles. The highest BCUT2D eigenvalue weighted by Gasteiger charge is 2.06. The van der Waals surface area contributed by atoms with Gasteiger partial charge in [-0.05, 0) is 48.9 Å². The van der Waals surface area contributed by atoms with Crippen molar-refractivity contribution in [3.63, 3.8) is 0 Å². The Bertz CT molecular complexity index is 643. The number of thiocarbonyl (C=S) groups is 1. The first-order valence-electron chi connectivity index (χ1n) is 5.60. The maximum atomic E-state index is 13.0. The predicted molar refractivity (Wildman–Crippen MR) is 81.8 cm³/mol. The molecule has 2 aromatic carbocycles. The van der Waals surface area contributed by atoms with E-state index < -0.39 is 0 Å². The number of anilines is 2. The van der Waals surface area contributed by atoms with Crippen molar-refractivity contribution < 1.29 is 4.39 Å². The van der Waals surface area contributed by atoms with Crippen LogP contribution < -0.4 is 11.1 Å². The average molecular weight is 295 g/mol. The summed E-state index contributed by atoms with van der Waals surface area (Å²) in [5.74, 6) is -0.259. The molecule has 0 saturated heterocycles. The van der Waals surface area contributed by atoms with Crippen LogP contribution in [0.3, 0.4) is 0 Å². The summed E-state index contributed by atoms with van der Waals surface area (Å²) < 4.78 is 13.0. The Balaban J connectivity index is 2.29. The number of rotatable bonds is 3. The zero-order valence-corrected chi connectivity index (χ0v) is 11.8. The molecule has 3 N–H and O–H groups in total. The number of halogens is 2. The van der Waals surface area contributed by atoms with E-state index in [2.05, 4.69) is 5.32 Å². The van der Waals surface area contributed by atoms with Gasteiger partial charge in [0.05, 0.1) is 5.02 Å². The lowest BCUT2D eigenvalue weighted by Gasteiger charge is -2.11. The fourth-order valence-electron chi connectivity index (χ4n) is 1.72. The number of benzene rings is 2. The number of hydrogen-bond donors (Lipinski definition) is 2. The molecule has 0 atom stereocenters. The van der Waals surface area contributed by atoms with Crippen molar-refractivity contribution in [2.45, 2.75) is 6.92 Å². The van der Waals surface area contributed by atoms with Gasteiger partial charge in [-0.3, -0.25) is 0 Å². The minimum atomic E-state index is -0.259. The molecule has 0 fully saturated rings. The van der Waals surface area contributed by atoms with Crippen LogP contribution in [0.5, 0.6) is 0 Å². The van der Waals surface area contributed by atoms with Gasteiger partial charge in [0.15, 0.2) is 0 Å². The van der Waals surface area contributed by atoms with Crippen LogP contribution in [-0.2, 0) is 0 Å². The molecule has 2 rings (SSSR count). The Morgan fingerprint density at radius 2 is 2.00 bits per heavy atom. The molecule has 98 valence electrons. The quantitative estimate of drug-likeness (QED) is 0.835. The Labute approximate surface area is 121 Å². The lowest BCUT2D eigenvalue weighted by atomic mass is 10.1. The molecule has 0 aliphatic heterocycles. The molecule has 0 amide bonds. The molecule has 0 aliphatic carbocycles. The van der Waals surface area contributed by atoms with Crippen molar-refractivity contribution in [1.29, 1.82) is 0 Å². The van der Waals surface area contributed by atoms with E-state index in [1.54, 1.807) is 18.2 Å². The largest absolute Gasteiger partial charge is 0.389 e. The molecular formula is C14H12ClFN2S. The molecule has 0 saturated carbocycles.